The molecule has 9 heteroatoms. The van der Waals surface area contributed by atoms with Crippen molar-refractivity contribution in [3.63, 3.8) is 0 Å². The predicted molar refractivity (Wildman–Crippen MR) is 133 cm³/mol. The molecule has 0 spiro atoms. The van der Waals surface area contributed by atoms with Gasteiger partial charge in [-0.2, -0.15) is 0 Å². The minimum atomic E-state index is -1.51. The van der Waals surface area contributed by atoms with E-state index in [0.29, 0.717) is 16.3 Å². The fourth-order valence-electron chi connectivity index (χ4n) is 4.66. The van der Waals surface area contributed by atoms with Crippen molar-refractivity contribution < 1.29 is 23.2 Å². The maximum Gasteiger partial charge on any atom is 0.332 e. The van der Waals surface area contributed by atoms with Gasteiger partial charge in [-0.15, -0.1) is 0 Å². The van der Waals surface area contributed by atoms with Gasteiger partial charge in [0.1, 0.15) is 17.0 Å². The molecule has 5 rings (SSSR count). The van der Waals surface area contributed by atoms with Gasteiger partial charge in [-0.1, -0.05) is 30.0 Å². The summed E-state index contributed by atoms with van der Waals surface area (Å²) < 4.78 is 30.3. The molecule has 0 bridgehead atoms. The Morgan fingerprint density at radius 3 is 2.27 bits per heavy atom. The van der Waals surface area contributed by atoms with Crippen LogP contribution < -0.4 is 9.80 Å². The van der Waals surface area contributed by atoms with Crippen LogP contribution in [-0.2, 0) is 9.59 Å². The summed E-state index contributed by atoms with van der Waals surface area (Å²) in [4.78, 5) is 47.4. The van der Waals surface area contributed by atoms with Crippen LogP contribution in [0, 0.1) is 30.4 Å². The van der Waals surface area contributed by atoms with Gasteiger partial charge in [0.25, 0.3) is 5.91 Å². The molecule has 7 nitrogen and oxygen atoms in total. The van der Waals surface area contributed by atoms with Crippen molar-refractivity contribution in [2.75, 3.05) is 22.9 Å². The van der Waals surface area contributed by atoms with Crippen LogP contribution in [0.4, 0.5) is 25.1 Å². The number of carbonyl (C=O) groups is 3. The van der Waals surface area contributed by atoms with Crippen LogP contribution >= 0.6 is 0 Å². The van der Waals surface area contributed by atoms with Gasteiger partial charge in [0, 0.05) is 30.4 Å². The number of hydrogen-bond acceptors (Lipinski definition) is 4. The van der Waals surface area contributed by atoms with Crippen LogP contribution in [0.5, 0.6) is 0 Å². The Labute approximate surface area is 212 Å². The fraction of sp³-hybridized carbons (Fsp3) is 0.214. The van der Waals surface area contributed by atoms with Crippen LogP contribution in [0.15, 0.2) is 60.8 Å². The quantitative estimate of drug-likeness (QED) is 0.498. The Hall–Kier alpha value is -4.58. The van der Waals surface area contributed by atoms with Crippen molar-refractivity contribution in [1.29, 1.82) is 0 Å². The Bertz CT molecular complexity index is 1480. The van der Waals surface area contributed by atoms with E-state index in [9.17, 15) is 14.4 Å². The number of hydrogen-bond donors (Lipinski definition) is 0. The third-order valence-corrected chi connectivity index (χ3v) is 6.56. The zero-order chi connectivity index (χ0) is 26.3. The topological polar surface area (TPSA) is 73.8 Å². The van der Waals surface area contributed by atoms with E-state index in [2.05, 4.69) is 16.8 Å². The summed E-state index contributed by atoms with van der Waals surface area (Å²) in [6, 6.07) is 13.5. The molecule has 2 aliphatic heterocycles. The molecular weight excluding hydrogens is 478 g/mol. The van der Waals surface area contributed by atoms with Crippen molar-refractivity contribution in [2.24, 2.45) is 0 Å². The minimum absolute atomic E-state index is 0.0544. The van der Waals surface area contributed by atoms with Crippen molar-refractivity contribution in [3.8, 4) is 11.8 Å². The van der Waals surface area contributed by atoms with E-state index in [1.165, 1.54) is 16.7 Å². The number of aromatic nitrogens is 1. The van der Waals surface area contributed by atoms with Gasteiger partial charge in [0.05, 0.1) is 6.42 Å². The second-order valence-electron chi connectivity index (χ2n) is 9.17. The highest BCUT2D eigenvalue weighted by atomic mass is 19.1. The summed E-state index contributed by atoms with van der Waals surface area (Å²) >= 11 is 0. The number of amides is 4. The normalized spacial score (nSPS) is 19.5. The van der Waals surface area contributed by atoms with Gasteiger partial charge in [0.2, 0.25) is 5.91 Å². The van der Waals surface area contributed by atoms with E-state index in [1.54, 1.807) is 42.6 Å². The van der Waals surface area contributed by atoms with Gasteiger partial charge in [-0.25, -0.2) is 23.5 Å². The maximum absolute atomic E-state index is 15.1. The highest BCUT2D eigenvalue weighted by Crippen LogP contribution is 2.37. The highest BCUT2D eigenvalue weighted by Gasteiger charge is 2.56. The maximum atomic E-state index is 15.1. The SMILES string of the molecule is Cc1ccnc(N2CCN3C(=O)N(c4c(F)cc(C#Cc5ccccc5)cc4F)C(=O)CC3(C)C2=O)c1. The number of piperazine rings is 1. The van der Waals surface area contributed by atoms with Crippen molar-refractivity contribution in [2.45, 2.75) is 25.8 Å². The smallest absolute Gasteiger partial charge is 0.307 e. The van der Waals surface area contributed by atoms with Crippen LogP contribution in [0.1, 0.15) is 30.0 Å². The Kier molecular flexibility index (Phi) is 5.96. The molecule has 0 saturated carbocycles. The zero-order valence-electron chi connectivity index (χ0n) is 20.2. The minimum Gasteiger partial charge on any atom is -0.307 e. The number of anilines is 2. The summed E-state index contributed by atoms with van der Waals surface area (Å²) in [5.41, 5.74) is -0.674. The molecule has 3 aromatic rings. The molecule has 1 atom stereocenters. The second kappa shape index (κ2) is 9.13. The molecule has 0 N–H and O–H groups in total. The molecule has 2 saturated heterocycles. The van der Waals surface area contributed by atoms with Crippen LogP contribution in [0.3, 0.4) is 0 Å². The second-order valence-corrected chi connectivity index (χ2v) is 9.17. The number of aryl methyl sites for hydroxylation is 1. The van der Waals surface area contributed by atoms with E-state index in [-0.39, 0.29) is 18.7 Å². The number of rotatable bonds is 2. The van der Waals surface area contributed by atoms with E-state index in [0.717, 1.165) is 17.7 Å². The molecule has 186 valence electrons. The van der Waals surface area contributed by atoms with Crippen molar-refractivity contribution in [1.82, 2.24) is 9.88 Å². The van der Waals surface area contributed by atoms with Crippen LogP contribution in [-0.4, -0.2) is 46.4 Å². The highest BCUT2D eigenvalue weighted by molar-refractivity contribution is 6.20. The molecule has 1 unspecified atom stereocenters. The molecule has 4 amide bonds. The molecule has 3 heterocycles. The zero-order valence-corrected chi connectivity index (χ0v) is 20.2. The number of benzene rings is 2. The van der Waals surface area contributed by atoms with Gasteiger partial charge < -0.3 is 4.90 Å². The first-order chi connectivity index (χ1) is 17.7. The van der Waals surface area contributed by atoms with E-state index < -0.39 is 47.1 Å². The Balaban J connectivity index is 1.44. The van der Waals surface area contributed by atoms with E-state index in [4.69, 9.17) is 0 Å². The summed E-state index contributed by atoms with van der Waals surface area (Å²) in [5.74, 6) is 2.36. The lowest BCUT2D eigenvalue weighted by Gasteiger charge is -2.51. The van der Waals surface area contributed by atoms with Crippen LogP contribution in [0.25, 0.3) is 0 Å². The van der Waals surface area contributed by atoms with Crippen LogP contribution in [0.2, 0.25) is 0 Å². The number of fused-ring (bicyclic) bond motifs is 1. The first kappa shape index (κ1) is 24.1. The van der Waals surface area contributed by atoms with Gasteiger partial charge in [-0.3, -0.25) is 14.5 Å². The molecule has 2 aromatic carbocycles. The number of nitrogens with zero attached hydrogens (tertiary/aromatic N) is 4. The van der Waals surface area contributed by atoms with Gasteiger partial charge in [0.15, 0.2) is 11.6 Å². The van der Waals surface area contributed by atoms with Crippen molar-refractivity contribution in [3.05, 3.63) is 89.1 Å². The molecule has 2 fully saturated rings. The first-order valence-corrected chi connectivity index (χ1v) is 11.6. The average Bonchev–Trinajstić information content (AvgIpc) is 2.86. The largest absolute Gasteiger partial charge is 0.332 e. The molecule has 37 heavy (non-hydrogen) atoms. The van der Waals surface area contributed by atoms with Gasteiger partial charge >= 0.3 is 6.03 Å². The molecular formula is C28H22F2N4O3. The van der Waals surface area contributed by atoms with Gasteiger partial charge in [-0.05, 0) is 55.8 Å². The van der Waals surface area contributed by atoms with E-state index >= 15 is 8.78 Å². The summed E-state index contributed by atoms with van der Waals surface area (Å²) in [5, 5.41) is 0. The molecule has 0 aliphatic carbocycles. The number of urea groups is 1. The molecule has 0 radical (unpaired) electrons. The summed E-state index contributed by atoms with van der Waals surface area (Å²) in [6.07, 6.45) is 1.14. The number of carbonyl (C=O) groups excluding carboxylic acids is 3. The first-order valence-electron chi connectivity index (χ1n) is 11.6. The average molecular weight is 501 g/mol. The number of pyridine rings is 1. The Morgan fingerprint density at radius 1 is 0.919 bits per heavy atom. The molecule has 2 aliphatic rings. The summed E-state index contributed by atoms with van der Waals surface area (Å²) in [6.45, 7) is 3.53. The summed E-state index contributed by atoms with van der Waals surface area (Å²) in [7, 11) is 0. The monoisotopic (exact) mass is 500 g/mol. The Morgan fingerprint density at radius 2 is 1.59 bits per heavy atom. The lowest BCUT2D eigenvalue weighted by molar-refractivity contribution is -0.137. The van der Waals surface area contributed by atoms with E-state index in [1.807, 2.05) is 13.0 Å². The number of halogens is 2. The molecule has 1 aromatic heterocycles. The predicted octanol–water partition coefficient (Wildman–Crippen LogP) is 4.03. The standard InChI is InChI=1S/C28H22F2N4O3/c1-18-10-11-31-23(14-18)32-12-13-33-27(37)34(24(35)17-28(33,2)26(32)36)25-21(29)15-20(16-22(25)30)9-8-19-6-4-3-5-7-19/h3-7,10-11,14-16H,12-13,17H2,1-2H3. The fourth-order valence-corrected chi connectivity index (χ4v) is 4.66. The number of imide groups is 1. The lowest BCUT2D eigenvalue weighted by atomic mass is 9.88. The third-order valence-electron chi connectivity index (χ3n) is 6.56. The lowest BCUT2D eigenvalue weighted by Crippen LogP contribution is -2.73. The van der Waals surface area contributed by atoms with Crippen molar-refractivity contribution >= 4 is 29.4 Å². The third kappa shape index (κ3) is 4.20.